The molecule has 0 fully saturated rings. The van der Waals surface area contributed by atoms with Gasteiger partial charge in [-0.25, -0.2) is 5.16 Å². The highest BCUT2D eigenvalue weighted by Gasteiger charge is 2.28. The van der Waals surface area contributed by atoms with E-state index in [0.29, 0.717) is 0 Å². The highest BCUT2D eigenvalue weighted by Crippen LogP contribution is 2.09. The summed E-state index contributed by atoms with van der Waals surface area (Å²) in [5, 5.41) is 13.4. The fourth-order valence-corrected chi connectivity index (χ4v) is 0.887. The Kier molecular flexibility index (Phi) is 2.05. The van der Waals surface area contributed by atoms with Gasteiger partial charge in [0.25, 0.3) is 11.8 Å². The van der Waals surface area contributed by atoms with Crippen LogP contribution < -0.4 is 10.5 Å². The van der Waals surface area contributed by atoms with Crippen LogP contribution in [0.15, 0.2) is 23.8 Å². The Bertz CT molecular complexity index is 315. The van der Waals surface area contributed by atoms with Crippen LogP contribution >= 0.6 is 0 Å². The fourth-order valence-electron chi connectivity index (χ4n) is 0.887. The first-order valence-corrected chi connectivity index (χ1v) is 3.14. The van der Waals surface area contributed by atoms with Crippen molar-refractivity contribution in [2.75, 3.05) is 0 Å². The number of imide groups is 1. The summed E-state index contributed by atoms with van der Waals surface area (Å²) in [5.74, 6) is -1.12. The maximum absolute atomic E-state index is 10.9. The van der Waals surface area contributed by atoms with E-state index < -0.39 is 11.8 Å². The Balaban J connectivity index is 3.18. The topological polar surface area (TPSA) is 83.2 Å². The molecule has 0 unspecified atom stereocenters. The highest BCUT2D eigenvalue weighted by atomic mass is 16.4. The number of hydrogen-bond donors (Lipinski definition) is 2. The molecule has 62 valence electrons. The van der Waals surface area contributed by atoms with E-state index in [4.69, 9.17) is 0 Å². The fraction of sp³-hybridized carbons (Fsp3) is 0. The molecule has 1 aliphatic rings. The summed E-state index contributed by atoms with van der Waals surface area (Å²) < 4.78 is 0. The van der Waals surface area contributed by atoms with Crippen LogP contribution in [0.1, 0.15) is 0 Å². The molecule has 1 heterocycles. The minimum atomic E-state index is -0.585. The SMILES string of the molecule is C=CC1=C(/C=[NH+]/[O-])C(=O)NC1=O. The highest BCUT2D eigenvalue weighted by molar-refractivity contribution is 6.28. The van der Waals surface area contributed by atoms with Gasteiger partial charge in [-0.1, -0.05) is 12.7 Å². The van der Waals surface area contributed by atoms with Gasteiger partial charge in [-0.3, -0.25) is 14.9 Å². The van der Waals surface area contributed by atoms with Gasteiger partial charge in [-0.2, -0.15) is 0 Å². The van der Waals surface area contributed by atoms with Crippen molar-refractivity contribution >= 4 is 18.0 Å². The summed E-state index contributed by atoms with van der Waals surface area (Å²) in [6, 6.07) is 0. The molecule has 0 aromatic carbocycles. The Labute approximate surface area is 68.1 Å². The lowest BCUT2D eigenvalue weighted by molar-refractivity contribution is -0.366. The van der Waals surface area contributed by atoms with Gasteiger partial charge < -0.3 is 5.21 Å². The largest absolute Gasteiger partial charge is 0.625 e. The number of hydrogen-bond acceptors (Lipinski definition) is 3. The minimum absolute atomic E-state index is 0.0185. The molecule has 1 rings (SSSR count). The van der Waals surface area contributed by atoms with Crippen molar-refractivity contribution in [1.82, 2.24) is 5.32 Å². The van der Waals surface area contributed by atoms with Gasteiger partial charge in [-0.15, -0.1) is 0 Å². The summed E-state index contributed by atoms with van der Waals surface area (Å²) in [6.45, 7) is 3.34. The molecule has 1 aliphatic heterocycles. The molecular formula is C7H6N2O3. The van der Waals surface area contributed by atoms with E-state index in [1.165, 1.54) is 11.2 Å². The summed E-state index contributed by atoms with van der Waals surface area (Å²) in [4.78, 5) is 21.8. The Morgan fingerprint density at radius 2 is 1.92 bits per heavy atom. The van der Waals surface area contributed by atoms with Crippen molar-refractivity contribution in [3.8, 4) is 0 Å². The summed E-state index contributed by atoms with van der Waals surface area (Å²) >= 11 is 0. The zero-order valence-corrected chi connectivity index (χ0v) is 6.09. The monoisotopic (exact) mass is 166 g/mol. The number of amides is 2. The zero-order valence-electron chi connectivity index (χ0n) is 6.09. The maximum atomic E-state index is 10.9. The molecule has 12 heavy (non-hydrogen) atoms. The zero-order chi connectivity index (χ0) is 9.14. The number of rotatable bonds is 2. The van der Waals surface area contributed by atoms with Gasteiger partial charge >= 0.3 is 0 Å². The van der Waals surface area contributed by atoms with E-state index in [1.807, 2.05) is 5.32 Å². The van der Waals surface area contributed by atoms with Crippen molar-refractivity contribution in [1.29, 1.82) is 0 Å². The molecule has 0 bridgehead atoms. The maximum Gasteiger partial charge on any atom is 0.265 e. The molecule has 0 aromatic rings. The second-order valence-electron chi connectivity index (χ2n) is 2.08. The Morgan fingerprint density at radius 1 is 1.33 bits per heavy atom. The molecule has 0 aromatic heterocycles. The Hall–Kier alpha value is -1.91. The van der Waals surface area contributed by atoms with Crippen LogP contribution in [0.3, 0.4) is 0 Å². The first-order valence-electron chi connectivity index (χ1n) is 3.14. The molecule has 0 radical (unpaired) electrons. The van der Waals surface area contributed by atoms with Gasteiger partial charge in [0.05, 0.1) is 5.57 Å². The first-order chi connectivity index (χ1) is 5.70. The predicted molar refractivity (Wildman–Crippen MR) is 40.8 cm³/mol. The van der Waals surface area contributed by atoms with E-state index in [1.54, 1.807) is 0 Å². The van der Waals surface area contributed by atoms with Crippen molar-refractivity contribution in [3.05, 3.63) is 29.0 Å². The lowest BCUT2D eigenvalue weighted by Gasteiger charge is -1.85. The van der Waals surface area contributed by atoms with Crippen LogP contribution in [0.4, 0.5) is 0 Å². The van der Waals surface area contributed by atoms with Gasteiger partial charge in [0.15, 0.2) is 6.21 Å². The van der Waals surface area contributed by atoms with Crippen molar-refractivity contribution in [2.45, 2.75) is 0 Å². The lowest BCUT2D eigenvalue weighted by atomic mass is 10.1. The van der Waals surface area contributed by atoms with Gasteiger partial charge in [-0.05, 0) is 0 Å². The van der Waals surface area contributed by atoms with E-state index in [0.717, 1.165) is 6.21 Å². The predicted octanol–water partition coefficient (Wildman–Crippen LogP) is -2.23. The molecule has 2 N–H and O–H groups in total. The van der Waals surface area contributed by atoms with Crippen molar-refractivity contribution in [2.24, 2.45) is 0 Å². The number of nitrogens with one attached hydrogen (secondary N) is 2. The van der Waals surface area contributed by atoms with E-state index in [-0.39, 0.29) is 11.1 Å². The number of carbonyl (C=O) groups excluding carboxylic acids is 2. The van der Waals surface area contributed by atoms with E-state index in [9.17, 15) is 14.8 Å². The third kappa shape index (κ3) is 1.12. The van der Waals surface area contributed by atoms with Gasteiger partial charge in [0, 0.05) is 0 Å². The van der Waals surface area contributed by atoms with Crippen LogP contribution in [-0.2, 0) is 9.59 Å². The second-order valence-corrected chi connectivity index (χ2v) is 2.08. The quantitative estimate of drug-likeness (QED) is 0.211. The van der Waals surface area contributed by atoms with E-state index in [2.05, 4.69) is 6.58 Å². The second kappa shape index (κ2) is 3.00. The lowest BCUT2D eigenvalue weighted by Crippen LogP contribution is -2.61. The molecule has 0 saturated heterocycles. The van der Waals surface area contributed by atoms with Gasteiger partial charge in [0.1, 0.15) is 5.57 Å². The van der Waals surface area contributed by atoms with Crippen molar-refractivity contribution in [3.63, 3.8) is 0 Å². The normalized spacial score (nSPS) is 17.3. The average Bonchev–Trinajstić information content (AvgIpc) is 2.28. The van der Waals surface area contributed by atoms with Crippen LogP contribution in [0, 0.1) is 5.21 Å². The number of carbonyl (C=O) groups is 2. The summed E-state index contributed by atoms with van der Waals surface area (Å²) in [6.07, 6.45) is 2.14. The van der Waals surface area contributed by atoms with Crippen LogP contribution in [-0.4, -0.2) is 18.0 Å². The Morgan fingerprint density at radius 3 is 2.42 bits per heavy atom. The van der Waals surface area contributed by atoms with Crippen LogP contribution in [0.5, 0.6) is 0 Å². The summed E-state index contributed by atoms with van der Waals surface area (Å²) in [5.41, 5.74) is 0.133. The van der Waals surface area contributed by atoms with Crippen molar-refractivity contribution < 1.29 is 14.7 Å². The van der Waals surface area contributed by atoms with Gasteiger partial charge in [0.2, 0.25) is 0 Å². The molecular weight excluding hydrogens is 160 g/mol. The molecule has 0 aliphatic carbocycles. The molecule has 0 spiro atoms. The third-order valence-corrected chi connectivity index (χ3v) is 1.41. The minimum Gasteiger partial charge on any atom is -0.625 e. The molecule has 0 saturated carbocycles. The standard InChI is InChI=1S/C7H6N2O3/c1-2-4-5(3-8-12)7(11)9-6(4)10/h2-3,8H,1H2,(H-,9,10,11,12). The molecule has 5 heteroatoms. The average molecular weight is 166 g/mol. The summed E-state index contributed by atoms with van der Waals surface area (Å²) in [7, 11) is 0. The van der Waals surface area contributed by atoms with E-state index >= 15 is 0 Å². The molecule has 2 amide bonds. The molecule has 0 atom stereocenters. The van der Waals surface area contributed by atoms with Crippen LogP contribution in [0.2, 0.25) is 0 Å². The van der Waals surface area contributed by atoms with Crippen LogP contribution in [0.25, 0.3) is 0 Å². The third-order valence-electron chi connectivity index (χ3n) is 1.41. The smallest absolute Gasteiger partial charge is 0.265 e. The first kappa shape index (κ1) is 8.19. The molecule has 5 nitrogen and oxygen atoms in total.